The van der Waals surface area contributed by atoms with Crippen LogP contribution < -0.4 is 5.32 Å². The zero-order valence-corrected chi connectivity index (χ0v) is 12.7. The number of hydrogen-bond donors (Lipinski definition) is 1. The molecule has 0 saturated heterocycles. The summed E-state index contributed by atoms with van der Waals surface area (Å²) in [5, 5.41) is 15.3. The minimum Gasteiger partial charge on any atom is -0.351 e. The van der Waals surface area contributed by atoms with Crippen LogP contribution in [0.1, 0.15) is 28.4 Å². The van der Waals surface area contributed by atoms with E-state index >= 15 is 0 Å². The molecule has 0 fully saturated rings. The topological polar surface area (TPSA) is 77.1 Å². The number of aryl methyl sites for hydroxylation is 3. The summed E-state index contributed by atoms with van der Waals surface area (Å²) >= 11 is 0. The van der Waals surface area contributed by atoms with E-state index in [0.29, 0.717) is 12.2 Å². The maximum absolute atomic E-state index is 12.0. The molecule has 7 nitrogen and oxygen atoms in total. The van der Waals surface area contributed by atoms with E-state index in [-0.39, 0.29) is 5.91 Å². The molecule has 0 aliphatic carbocycles. The molecule has 0 aliphatic rings. The molecule has 3 aromatic rings. The molecule has 0 radical (unpaired) electrons. The number of carbonyl (C=O) groups is 1. The van der Waals surface area contributed by atoms with E-state index in [4.69, 9.17) is 0 Å². The van der Waals surface area contributed by atoms with Crippen LogP contribution in [0.5, 0.6) is 0 Å². The Kier molecular flexibility index (Phi) is 3.86. The fourth-order valence-electron chi connectivity index (χ4n) is 2.27. The number of carbonyl (C=O) groups excluding carboxylic acids is 1. The van der Waals surface area contributed by atoms with E-state index in [1.807, 2.05) is 42.8 Å². The van der Waals surface area contributed by atoms with Gasteiger partial charge in [0.2, 0.25) is 0 Å². The number of nitrogens with zero attached hydrogens (tertiary/aromatic N) is 5. The van der Waals surface area contributed by atoms with Gasteiger partial charge in [-0.25, -0.2) is 0 Å². The van der Waals surface area contributed by atoms with Gasteiger partial charge in [-0.2, -0.15) is 5.10 Å². The summed E-state index contributed by atoms with van der Waals surface area (Å²) in [5.41, 5.74) is 2.25. The number of amides is 1. The second-order valence-corrected chi connectivity index (χ2v) is 5.20. The van der Waals surface area contributed by atoms with E-state index in [1.165, 1.54) is 0 Å². The van der Waals surface area contributed by atoms with E-state index in [9.17, 15) is 4.79 Å². The fourth-order valence-corrected chi connectivity index (χ4v) is 2.27. The quantitative estimate of drug-likeness (QED) is 0.716. The summed E-state index contributed by atoms with van der Waals surface area (Å²) in [6.07, 6.45) is 3.50. The number of fused-ring (bicyclic) bond motifs is 1. The Balaban J connectivity index is 1.52. The summed E-state index contributed by atoms with van der Waals surface area (Å²) in [7, 11) is 1.82. The van der Waals surface area contributed by atoms with Gasteiger partial charge in [0.1, 0.15) is 11.5 Å². The number of pyridine rings is 1. The average Bonchev–Trinajstić information content (AvgIpc) is 3.08. The minimum atomic E-state index is -0.144. The maximum Gasteiger partial charge on any atom is 0.271 e. The van der Waals surface area contributed by atoms with Crippen LogP contribution in [0.25, 0.3) is 5.65 Å². The fraction of sp³-hybridized carbons (Fsp3) is 0.333. The molecule has 22 heavy (non-hydrogen) atoms. The van der Waals surface area contributed by atoms with Crippen LogP contribution in [0, 0.1) is 6.92 Å². The molecular formula is C15H18N6O. The molecular weight excluding hydrogens is 280 g/mol. The van der Waals surface area contributed by atoms with Crippen molar-refractivity contribution in [1.29, 1.82) is 0 Å². The van der Waals surface area contributed by atoms with Crippen LogP contribution in [-0.4, -0.2) is 36.8 Å². The smallest absolute Gasteiger partial charge is 0.271 e. The van der Waals surface area contributed by atoms with Crippen LogP contribution in [0.3, 0.4) is 0 Å². The molecule has 0 atom stereocenters. The minimum absolute atomic E-state index is 0.144. The Morgan fingerprint density at radius 1 is 1.32 bits per heavy atom. The molecule has 1 amide bonds. The molecule has 0 bridgehead atoms. The van der Waals surface area contributed by atoms with Crippen molar-refractivity contribution in [3.05, 3.63) is 47.7 Å². The summed E-state index contributed by atoms with van der Waals surface area (Å²) in [6, 6.07) is 7.58. The number of rotatable bonds is 5. The van der Waals surface area contributed by atoms with Gasteiger partial charge in [0, 0.05) is 31.9 Å². The lowest BCUT2D eigenvalue weighted by atomic mass is 10.3. The highest BCUT2D eigenvalue weighted by atomic mass is 16.1. The van der Waals surface area contributed by atoms with Crippen molar-refractivity contribution < 1.29 is 4.79 Å². The van der Waals surface area contributed by atoms with E-state index in [0.717, 1.165) is 30.0 Å². The van der Waals surface area contributed by atoms with Crippen molar-refractivity contribution in [2.45, 2.75) is 19.8 Å². The first-order valence-corrected chi connectivity index (χ1v) is 7.22. The van der Waals surface area contributed by atoms with Crippen LogP contribution in [0.15, 0.2) is 30.5 Å². The Morgan fingerprint density at radius 2 is 2.18 bits per heavy atom. The third-order valence-corrected chi connectivity index (χ3v) is 3.59. The van der Waals surface area contributed by atoms with Crippen LogP contribution >= 0.6 is 0 Å². The highest BCUT2D eigenvalue weighted by Crippen LogP contribution is 2.05. The van der Waals surface area contributed by atoms with Crippen LogP contribution in [0.2, 0.25) is 0 Å². The van der Waals surface area contributed by atoms with Gasteiger partial charge in [0.15, 0.2) is 5.65 Å². The van der Waals surface area contributed by atoms with Crippen molar-refractivity contribution in [2.75, 3.05) is 6.54 Å². The van der Waals surface area contributed by atoms with Crippen LogP contribution in [0.4, 0.5) is 0 Å². The summed E-state index contributed by atoms with van der Waals surface area (Å²) in [4.78, 5) is 12.0. The van der Waals surface area contributed by atoms with Gasteiger partial charge >= 0.3 is 0 Å². The van der Waals surface area contributed by atoms with Gasteiger partial charge in [-0.1, -0.05) is 6.07 Å². The molecule has 114 valence electrons. The molecule has 0 aromatic carbocycles. The molecule has 0 unspecified atom stereocenters. The normalized spacial score (nSPS) is 11.0. The number of nitrogens with one attached hydrogen (secondary N) is 1. The van der Waals surface area contributed by atoms with Gasteiger partial charge in [-0.15, -0.1) is 10.2 Å². The molecule has 3 rings (SSSR count). The predicted octanol–water partition coefficient (Wildman–Crippen LogP) is 1.13. The molecule has 0 spiro atoms. The molecule has 3 aromatic heterocycles. The second-order valence-electron chi connectivity index (χ2n) is 5.20. The zero-order valence-electron chi connectivity index (χ0n) is 12.7. The molecule has 7 heteroatoms. The Bertz CT molecular complexity index is 784. The maximum atomic E-state index is 12.0. The van der Waals surface area contributed by atoms with Gasteiger partial charge in [-0.3, -0.25) is 13.9 Å². The van der Waals surface area contributed by atoms with E-state index in [1.54, 1.807) is 10.7 Å². The number of hydrogen-bond acceptors (Lipinski definition) is 4. The second kappa shape index (κ2) is 5.97. The van der Waals surface area contributed by atoms with E-state index < -0.39 is 0 Å². The molecule has 3 heterocycles. The zero-order chi connectivity index (χ0) is 15.5. The van der Waals surface area contributed by atoms with Crippen molar-refractivity contribution in [3.8, 4) is 0 Å². The first-order chi connectivity index (χ1) is 10.6. The average molecular weight is 298 g/mol. The van der Waals surface area contributed by atoms with Crippen molar-refractivity contribution in [1.82, 2.24) is 29.7 Å². The molecule has 1 N–H and O–H groups in total. The Hall–Kier alpha value is -2.70. The van der Waals surface area contributed by atoms with E-state index in [2.05, 4.69) is 20.6 Å². The summed E-state index contributed by atoms with van der Waals surface area (Å²) in [5.74, 6) is 0.758. The highest BCUT2D eigenvalue weighted by Gasteiger charge is 2.10. The third kappa shape index (κ3) is 2.83. The first kappa shape index (κ1) is 14.2. The lowest BCUT2D eigenvalue weighted by Crippen LogP contribution is -2.25. The van der Waals surface area contributed by atoms with Gasteiger partial charge in [0.05, 0.1) is 0 Å². The van der Waals surface area contributed by atoms with Crippen LogP contribution in [-0.2, 0) is 13.5 Å². The molecule has 0 saturated carbocycles. The van der Waals surface area contributed by atoms with Crippen molar-refractivity contribution in [3.63, 3.8) is 0 Å². The summed E-state index contributed by atoms with van der Waals surface area (Å²) < 4.78 is 3.65. The third-order valence-electron chi connectivity index (χ3n) is 3.59. The SMILES string of the molecule is Cc1cc(C(=O)NCCCc2nnc3ccccn23)nn1C. The number of aromatic nitrogens is 5. The molecule has 0 aliphatic heterocycles. The van der Waals surface area contributed by atoms with Crippen molar-refractivity contribution >= 4 is 11.6 Å². The highest BCUT2D eigenvalue weighted by molar-refractivity contribution is 5.92. The first-order valence-electron chi connectivity index (χ1n) is 7.22. The predicted molar refractivity (Wildman–Crippen MR) is 81.6 cm³/mol. The van der Waals surface area contributed by atoms with Gasteiger partial charge in [0.25, 0.3) is 5.91 Å². The standard InChI is InChI=1S/C15H18N6O/c1-11-10-12(19-20(11)2)15(22)16-8-5-7-14-18-17-13-6-3-4-9-21(13)14/h3-4,6,9-10H,5,7-8H2,1-2H3,(H,16,22). The Labute approximate surface area is 128 Å². The van der Waals surface area contributed by atoms with Gasteiger partial charge in [-0.05, 0) is 31.5 Å². The summed E-state index contributed by atoms with van der Waals surface area (Å²) in [6.45, 7) is 2.50. The monoisotopic (exact) mass is 298 g/mol. The largest absolute Gasteiger partial charge is 0.351 e. The van der Waals surface area contributed by atoms with Crippen molar-refractivity contribution in [2.24, 2.45) is 7.05 Å². The van der Waals surface area contributed by atoms with Gasteiger partial charge < -0.3 is 5.32 Å². The lowest BCUT2D eigenvalue weighted by molar-refractivity contribution is 0.0947. The lowest BCUT2D eigenvalue weighted by Gasteiger charge is -2.02. The Morgan fingerprint density at radius 3 is 2.95 bits per heavy atom.